The zero-order chi connectivity index (χ0) is 25.9. The number of amides is 2. The molecule has 2 amide bonds. The summed E-state index contributed by atoms with van der Waals surface area (Å²) in [6.07, 6.45) is 0.411. The molecule has 0 aliphatic carbocycles. The summed E-state index contributed by atoms with van der Waals surface area (Å²) in [7, 11) is 0. The molecule has 0 aromatic heterocycles. The smallest absolute Gasteiger partial charge is 0.230 e. The Kier molecular flexibility index (Phi) is 7.68. The molecular weight excluding hydrogens is 486 g/mol. The third-order valence-electron chi connectivity index (χ3n) is 7.24. The van der Waals surface area contributed by atoms with E-state index in [1.54, 1.807) is 6.07 Å². The molecule has 2 aromatic rings. The first kappa shape index (κ1) is 25.6. The number of benzene rings is 2. The summed E-state index contributed by atoms with van der Waals surface area (Å²) in [6.45, 7) is 0.689. The van der Waals surface area contributed by atoms with Crippen molar-refractivity contribution in [2.24, 2.45) is 5.92 Å². The summed E-state index contributed by atoms with van der Waals surface area (Å²) in [4.78, 5) is 25.8. The molecule has 0 radical (unpaired) electrons. The van der Waals surface area contributed by atoms with Gasteiger partial charge in [-0.15, -0.1) is 0 Å². The summed E-state index contributed by atoms with van der Waals surface area (Å²) >= 11 is 0. The molecule has 2 bridgehead atoms. The Labute approximate surface area is 213 Å². The van der Waals surface area contributed by atoms with Gasteiger partial charge in [0.15, 0.2) is 0 Å². The first-order valence-electron chi connectivity index (χ1n) is 12.6. The number of halogens is 2. The number of ether oxygens (including phenoxy) is 3. The Balaban J connectivity index is 1.33. The molecule has 0 unspecified atom stereocenters. The molecule has 10 heteroatoms. The lowest BCUT2D eigenvalue weighted by atomic mass is 9.76. The highest BCUT2D eigenvalue weighted by Gasteiger charge is 2.46. The molecular formula is C27H30F2N2O6. The van der Waals surface area contributed by atoms with Crippen molar-refractivity contribution in [3.05, 3.63) is 59.2 Å². The third kappa shape index (κ3) is 5.76. The number of anilines is 1. The molecule has 0 spiro atoms. The second-order valence-corrected chi connectivity index (χ2v) is 9.74. The first-order valence-corrected chi connectivity index (χ1v) is 12.6. The molecule has 2 fully saturated rings. The molecule has 0 saturated carbocycles. The highest BCUT2D eigenvalue weighted by Crippen LogP contribution is 2.46. The Bertz CT molecular complexity index is 1160. The molecule has 2 aromatic carbocycles. The van der Waals surface area contributed by atoms with E-state index < -0.39 is 42.3 Å². The fraction of sp³-hybridized carbons (Fsp3) is 0.481. The van der Waals surface area contributed by atoms with Gasteiger partial charge in [-0.25, -0.2) is 8.78 Å². The Morgan fingerprint density at radius 1 is 1.16 bits per heavy atom. The minimum absolute atomic E-state index is 0.000475. The van der Waals surface area contributed by atoms with Crippen LogP contribution in [0, 0.1) is 17.6 Å². The monoisotopic (exact) mass is 516 g/mol. The van der Waals surface area contributed by atoms with Crippen LogP contribution in [0.4, 0.5) is 14.5 Å². The second-order valence-electron chi connectivity index (χ2n) is 9.74. The molecule has 8 nitrogen and oxygen atoms in total. The van der Waals surface area contributed by atoms with E-state index in [1.807, 2.05) is 12.1 Å². The van der Waals surface area contributed by atoms with Gasteiger partial charge in [-0.05, 0) is 42.8 Å². The van der Waals surface area contributed by atoms with Gasteiger partial charge in [0.1, 0.15) is 23.5 Å². The number of rotatable bonds is 7. The maximum atomic E-state index is 13.9. The van der Waals surface area contributed by atoms with Gasteiger partial charge in [-0.2, -0.15) is 0 Å². The average molecular weight is 517 g/mol. The number of hydrogen-bond donors (Lipinski definition) is 3. The predicted molar refractivity (Wildman–Crippen MR) is 129 cm³/mol. The maximum Gasteiger partial charge on any atom is 0.230 e. The van der Waals surface area contributed by atoms with E-state index in [0.29, 0.717) is 31.1 Å². The van der Waals surface area contributed by atoms with Gasteiger partial charge in [0.2, 0.25) is 11.8 Å². The van der Waals surface area contributed by atoms with Crippen LogP contribution < -0.4 is 15.4 Å². The van der Waals surface area contributed by atoms with Gasteiger partial charge in [0.25, 0.3) is 0 Å². The van der Waals surface area contributed by atoms with Crippen molar-refractivity contribution >= 4 is 17.5 Å². The van der Waals surface area contributed by atoms with Crippen molar-refractivity contribution in [1.82, 2.24) is 5.32 Å². The number of nitrogens with one attached hydrogen (secondary N) is 2. The van der Waals surface area contributed by atoms with E-state index in [9.17, 15) is 23.5 Å². The van der Waals surface area contributed by atoms with Crippen LogP contribution in [0.5, 0.6) is 5.75 Å². The second kappa shape index (κ2) is 11.1. The van der Waals surface area contributed by atoms with Crippen LogP contribution in [-0.2, 0) is 25.6 Å². The van der Waals surface area contributed by atoms with Crippen molar-refractivity contribution in [3.8, 4) is 5.75 Å². The van der Waals surface area contributed by atoms with Crippen LogP contribution in [0.3, 0.4) is 0 Å². The predicted octanol–water partition coefficient (Wildman–Crippen LogP) is 3.03. The highest BCUT2D eigenvalue weighted by atomic mass is 19.1. The molecule has 3 aliphatic heterocycles. The van der Waals surface area contributed by atoms with Crippen molar-refractivity contribution < 1.29 is 37.7 Å². The Morgan fingerprint density at radius 3 is 2.76 bits per heavy atom. The van der Waals surface area contributed by atoms with Gasteiger partial charge in [0.05, 0.1) is 44.4 Å². The zero-order valence-electron chi connectivity index (χ0n) is 20.3. The normalized spacial score (nSPS) is 25.5. The van der Waals surface area contributed by atoms with Crippen LogP contribution >= 0.6 is 0 Å². The van der Waals surface area contributed by atoms with Gasteiger partial charge in [-0.3, -0.25) is 9.59 Å². The van der Waals surface area contributed by atoms with Gasteiger partial charge in [-0.1, -0.05) is 0 Å². The van der Waals surface area contributed by atoms with Crippen LogP contribution in [0.1, 0.15) is 42.7 Å². The summed E-state index contributed by atoms with van der Waals surface area (Å²) < 4.78 is 45.1. The third-order valence-corrected chi connectivity index (χ3v) is 7.24. The summed E-state index contributed by atoms with van der Waals surface area (Å²) in [5.41, 5.74) is 1.51. The fourth-order valence-electron chi connectivity index (χ4n) is 5.41. The molecule has 37 heavy (non-hydrogen) atoms. The topological polar surface area (TPSA) is 106 Å². The van der Waals surface area contributed by atoms with Crippen LogP contribution in [0.15, 0.2) is 36.4 Å². The number of carbonyl (C=O) groups excluding carboxylic acids is 2. The minimum Gasteiger partial charge on any atom is -0.490 e. The van der Waals surface area contributed by atoms with Crippen molar-refractivity contribution in [2.45, 2.75) is 56.5 Å². The standard InChI is InChI=1S/C27H30F2N2O6/c28-16-1-3-22(29)15(9-16)13-30-25(33)12-19-11-21-20-10-17(31-27(34)26(21)24(14-32)37-19)2-4-23(20)36-18-5-7-35-8-6-18/h1-4,9-10,18-19,21,24,26,32H,5-8,11-14H2,(H,30,33)(H,31,34)/t19-,21-,24-,26+/m1/s1. The molecule has 4 atom stereocenters. The number of carbonyl (C=O) groups is 2. The average Bonchev–Trinajstić information content (AvgIpc) is 3.00. The summed E-state index contributed by atoms with van der Waals surface area (Å²) in [6, 6.07) is 8.59. The van der Waals surface area contributed by atoms with Crippen LogP contribution in [0.25, 0.3) is 0 Å². The number of hydrogen-bond acceptors (Lipinski definition) is 6. The molecule has 5 rings (SSSR count). The zero-order valence-corrected chi connectivity index (χ0v) is 20.3. The van der Waals surface area contributed by atoms with Crippen molar-refractivity contribution in [3.63, 3.8) is 0 Å². The molecule has 3 aliphatic rings. The van der Waals surface area contributed by atoms with E-state index in [4.69, 9.17) is 14.2 Å². The van der Waals surface area contributed by atoms with E-state index in [1.165, 1.54) is 0 Å². The summed E-state index contributed by atoms with van der Waals surface area (Å²) in [5.74, 6) is -2.21. The summed E-state index contributed by atoms with van der Waals surface area (Å²) in [5, 5.41) is 15.6. The van der Waals surface area contributed by atoms with E-state index in [2.05, 4.69) is 10.6 Å². The molecule has 3 heterocycles. The van der Waals surface area contributed by atoms with E-state index >= 15 is 0 Å². The molecule has 3 N–H and O–H groups in total. The van der Waals surface area contributed by atoms with Crippen LogP contribution in [0.2, 0.25) is 0 Å². The van der Waals surface area contributed by atoms with E-state index in [0.717, 1.165) is 36.6 Å². The van der Waals surface area contributed by atoms with Gasteiger partial charge >= 0.3 is 0 Å². The number of fused-ring (bicyclic) bond motifs is 4. The van der Waals surface area contributed by atoms with Gasteiger partial charge in [0, 0.05) is 42.1 Å². The largest absolute Gasteiger partial charge is 0.490 e. The molecule has 2 saturated heterocycles. The van der Waals surface area contributed by atoms with Gasteiger partial charge < -0.3 is 30.0 Å². The number of aliphatic hydroxyl groups excluding tert-OH is 1. The highest BCUT2D eigenvalue weighted by molar-refractivity contribution is 5.95. The Morgan fingerprint density at radius 2 is 1.97 bits per heavy atom. The first-order chi connectivity index (χ1) is 17.9. The maximum absolute atomic E-state index is 13.9. The molecule has 198 valence electrons. The minimum atomic E-state index is -0.817. The van der Waals surface area contributed by atoms with Crippen molar-refractivity contribution in [1.29, 1.82) is 0 Å². The van der Waals surface area contributed by atoms with E-state index in [-0.39, 0.29) is 36.5 Å². The lowest BCUT2D eigenvalue weighted by Gasteiger charge is -2.40. The SMILES string of the molecule is O=C(C[C@H]1C[C@@H]2c3cc(ccc3OC3CCOCC3)NC(=O)[C@@H]2[C@@H](CO)O1)NCc1cc(F)ccc1F. The lowest BCUT2D eigenvalue weighted by Crippen LogP contribution is -2.48. The quantitative estimate of drug-likeness (QED) is 0.523. The van der Waals surface area contributed by atoms with Crippen LogP contribution in [-0.4, -0.2) is 55.1 Å². The van der Waals surface area contributed by atoms with Crippen molar-refractivity contribution in [2.75, 3.05) is 25.1 Å². The fourth-order valence-corrected chi connectivity index (χ4v) is 5.41. The lowest BCUT2D eigenvalue weighted by molar-refractivity contribution is -0.148. The number of aliphatic hydroxyl groups is 1. The Hall–Kier alpha value is -3.08.